The van der Waals surface area contributed by atoms with E-state index in [1.807, 2.05) is 41.5 Å². The second kappa shape index (κ2) is 11.5. The number of likely N-dealkylation sites (N-methyl/N-ethyl adjacent to an activating group) is 1. The van der Waals surface area contributed by atoms with Gasteiger partial charge in [-0.25, -0.2) is 9.59 Å². The topological polar surface area (TPSA) is 126 Å². The highest BCUT2D eigenvalue weighted by molar-refractivity contribution is 5.84. The van der Waals surface area contributed by atoms with Crippen molar-refractivity contribution in [3.63, 3.8) is 0 Å². The molecule has 0 radical (unpaired) electrons. The summed E-state index contributed by atoms with van der Waals surface area (Å²) in [7, 11) is 1.75. The van der Waals surface area contributed by atoms with Gasteiger partial charge in [-0.3, -0.25) is 10.1 Å². The van der Waals surface area contributed by atoms with Crippen LogP contribution in [0.25, 0.3) is 0 Å². The van der Waals surface area contributed by atoms with Crippen molar-refractivity contribution in [2.45, 2.75) is 103 Å². The molecule has 4 N–H and O–H groups in total. The van der Waals surface area contributed by atoms with Crippen molar-refractivity contribution in [1.29, 1.82) is 0 Å². The molecule has 0 bridgehead atoms. The third-order valence-electron chi connectivity index (χ3n) is 7.53. The fourth-order valence-corrected chi connectivity index (χ4v) is 5.39. The highest BCUT2D eigenvalue weighted by atomic mass is 16.6. The Balaban J connectivity index is 1.85. The molecule has 11 heteroatoms. The fraction of sp³-hybridized carbons (Fsp3) is 0.880. The average molecular weight is 511 g/mol. The van der Waals surface area contributed by atoms with E-state index in [2.05, 4.69) is 16.0 Å². The summed E-state index contributed by atoms with van der Waals surface area (Å²) in [6.45, 7) is 13.5. The van der Waals surface area contributed by atoms with Crippen LogP contribution in [0, 0.1) is 5.41 Å². The molecule has 6 atom stereocenters. The molecule has 0 aliphatic carbocycles. The number of aliphatic hydroxyl groups excluding tert-OH is 1. The molecule has 3 heterocycles. The van der Waals surface area contributed by atoms with E-state index in [-0.39, 0.29) is 42.7 Å². The molecular weight excluding hydrogens is 464 g/mol. The van der Waals surface area contributed by atoms with Gasteiger partial charge in [-0.1, -0.05) is 20.8 Å². The highest BCUT2D eigenvalue weighted by Crippen LogP contribution is 2.36. The summed E-state index contributed by atoms with van der Waals surface area (Å²) < 4.78 is 5.97. The predicted octanol–water partition coefficient (Wildman–Crippen LogP) is 0.921. The Labute approximate surface area is 215 Å². The molecule has 3 fully saturated rings. The van der Waals surface area contributed by atoms with Crippen LogP contribution in [0.2, 0.25) is 0 Å². The summed E-state index contributed by atoms with van der Waals surface area (Å²) in [5, 5.41) is 19.7. The van der Waals surface area contributed by atoms with Gasteiger partial charge in [0.05, 0.1) is 24.7 Å². The van der Waals surface area contributed by atoms with E-state index < -0.39 is 29.8 Å². The number of ether oxygens (including phenoxy) is 1. The number of likely N-dealkylation sites (tertiary alicyclic amines) is 3. The molecule has 11 nitrogen and oxygen atoms in total. The van der Waals surface area contributed by atoms with Gasteiger partial charge in [-0.05, 0) is 52.5 Å². The molecule has 0 spiro atoms. The first-order valence-electron chi connectivity index (χ1n) is 13.3. The number of rotatable bonds is 7. The van der Waals surface area contributed by atoms with E-state index >= 15 is 0 Å². The zero-order chi connectivity index (χ0) is 26.8. The molecule has 206 valence electrons. The van der Waals surface area contributed by atoms with Crippen molar-refractivity contribution in [1.82, 2.24) is 30.7 Å². The molecule has 0 saturated carbocycles. The van der Waals surface area contributed by atoms with Crippen LogP contribution in [-0.4, -0.2) is 114 Å². The number of carbonyl (C=O) groups is 3. The Morgan fingerprint density at radius 3 is 2.22 bits per heavy atom. The number of urea groups is 1. The van der Waals surface area contributed by atoms with Crippen LogP contribution in [0.4, 0.5) is 9.59 Å². The maximum absolute atomic E-state index is 14.0. The van der Waals surface area contributed by atoms with Gasteiger partial charge >= 0.3 is 12.1 Å². The lowest BCUT2D eigenvalue weighted by atomic mass is 9.85. The lowest BCUT2D eigenvalue weighted by molar-refractivity contribution is -0.140. The summed E-state index contributed by atoms with van der Waals surface area (Å²) in [6.07, 6.45) is 0.575. The minimum absolute atomic E-state index is 0.0357. The molecule has 0 aromatic rings. The third-order valence-corrected chi connectivity index (χ3v) is 7.53. The smallest absolute Gasteiger partial charge is 0.410 e. The van der Waals surface area contributed by atoms with Gasteiger partial charge in [0.1, 0.15) is 12.3 Å². The second-order valence-corrected chi connectivity index (χ2v) is 11.7. The predicted molar refractivity (Wildman–Crippen MR) is 136 cm³/mol. The summed E-state index contributed by atoms with van der Waals surface area (Å²) in [4.78, 5) is 45.1. The summed E-state index contributed by atoms with van der Waals surface area (Å²) in [5.74, 6) is -0.161. The summed E-state index contributed by atoms with van der Waals surface area (Å²) in [6, 6.07) is -1.86. The Bertz CT molecular complexity index is 796. The van der Waals surface area contributed by atoms with Crippen molar-refractivity contribution in [2.75, 3.05) is 33.2 Å². The minimum Gasteiger partial charge on any atom is -0.442 e. The molecule has 3 saturated heterocycles. The van der Waals surface area contributed by atoms with Gasteiger partial charge in [0.15, 0.2) is 0 Å². The average Bonchev–Trinajstić information content (AvgIpc) is 3.53. The lowest BCUT2D eigenvalue weighted by Crippen LogP contribution is -2.61. The van der Waals surface area contributed by atoms with Crippen LogP contribution < -0.4 is 16.0 Å². The van der Waals surface area contributed by atoms with E-state index in [9.17, 15) is 19.5 Å². The van der Waals surface area contributed by atoms with E-state index in [1.54, 1.807) is 21.7 Å². The molecule has 3 aliphatic heterocycles. The van der Waals surface area contributed by atoms with Crippen LogP contribution in [0.5, 0.6) is 0 Å². The first-order valence-corrected chi connectivity index (χ1v) is 13.3. The molecule has 36 heavy (non-hydrogen) atoms. The van der Waals surface area contributed by atoms with Gasteiger partial charge in [0, 0.05) is 31.7 Å². The number of fused-ring (bicyclic) bond motifs is 1. The van der Waals surface area contributed by atoms with Crippen LogP contribution in [-0.2, 0) is 9.53 Å². The van der Waals surface area contributed by atoms with Crippen molar-refractivity contribution in [3.8, 4) is 0 Å². The third kappa shape index (κ3) is 6.23. The molecule has 1 unspecified atom stereocenters. The number of amides is 4. The van der Waals surface area contributed by atoms with Gasteiger partial charge in [0.25, 0.3) is 0 Å². The van der Waals surface area contributed by atoms with Crippen molar-refractivity contribution in [3.05, 3.63) is 0 Å². The summed E-state index contributed by atoms with van der Waals surface area (Å²) in [5.41, 5.74) is -0.487. The van der Waals surface area contributed by atoms with Crippen molar-refractivity contribution in [2.24, 2.45) is 5.41 Å². The maximum Gasteiger partial charge on any atom is 0.410 e. The minimum atomic E-state index is -0.928. The van der Waals surface area contributed by atoms with Crippen molar-refractivity contribution >= 4 is 18.0 Å². The highest BCUT2D eigenvalue weighted by Gasteiger charge is 2.55. The van der Waals surface area contributed by atoms with Crippen molar-refractivity contribution < 1.29 is 24.2 Å². The van der Waals surface area contributed by atoms with Crippen LogP contribution in [0.15, 0.2) is 0 Å². The molecule has 3 rings (SSSR count). The Morgan fingerprint density at radius 2 is 1.67 bits per heavy atom. The van der Waals surface area contributed by atoms with E-state index in [1.165, 1.54) is 0 Å². The molecular formula is C25H46N6O5. The van der Waals surface area contributed by atoms with Gasteiger partial charge in [-0.2, -0.15) is 0 Å². The number of nitrogens with one attached hydrogen (secondary N) is 3. The SMILES string of the molecule is CN[C@@H](C)C(O)N[C@H](C(=O)N1CC[C@@H]2[C@H]1[C@@H](OC(=O)N1CCCC1)CN2C(=O)NC(C)C)C(C)(C)C. The molecule has 4 amide bonds. The van der Waals surface area contributed by atoms with E-state index in [4.69, 9.17) is 4.74 Å². The van der Waals surface area contributed by atoms with Gasteiger partial charge in [-0.15, -0.1) is 0 Å². The van der Waals surface area contributed by atoms with Gasteiger partial charge in [0.2, 0.25) is 5.91 Å². The Hall–Kier alpha value is -2.11. The number of carbonyl (C=O) groups excluding carboxylic acids is 3. The van der Waals surface area contributed by atoms with E-state index in [0.29, 0.717) is 26.1 Å². The standard InChI is InChI=1S/C25H46N6O5/c1-15(2)27-23(34)31-14-18(36-24(35)29-11-8-9-12-29)19-17(31)10-13-30(19)22(33)20(25(4,5)6)28-21(32)16(3)26-7/h15-21,26,28,32H,8-14H2,1-7H3,(H,27,34)/t16-,17+,18-,19-,20+,21?/m0/s1. The Kier molecular flexibility index (Phi) is 9.11. The van der Waals surface area contributed by atoms with Crippen LogP contribution >= 0.6 is 0 Å². The first-order chi connectivity index (χ1) is 16.8. The molecule has 0 aromatic carbocycles. The number of aliphatic hydroxyl groups is 1. The zero-order valence-corrected chi connectivity index (χ0v) is 22.9. The largest absolute Gasteiger partial charge is 0.442 e. The monoisotopic (exact) mass is 510 g/mol. The number of hydrogen-bond acceptors (Lipinski definition) is 7. The normalized spacial score (nSPS) is 26.7. The quantitative estimate of drug-likeness (QED) is 0.375. The molecule has 3 aliphatic rings. The number of hydrogen-bond donors (Lipinski definition) is 4. The number of nitrogens with zero attached hydrogens (tertiary/aromatic N) is 3. The molecule has 0 aromatic heterocycles. The Morgan fingerprint density at radius 1 is 1.03 bits per heavy atom. The van der Waals surface area contributed by atoms with Crippen LogP contribution in [0.1, 0.15) is 60.8 Å². The summed E-state index contributed by atoms with van der Waals surface area (Å²) >= 11 is 0. The fourth-order valence-electron chi connectivity index (χ4n) is 5.39. The maximum atomic E-state index is 14.0. The first kappa shape index (κ1) is 28.5. The van der Waals surface area contributed by atoms with Crippen LogP contribution in [0.3, 0.4) is 0 Å². The van der Waals surface area contributed by atoms with Gasteiger partial charge < -0.3 is 35.2 Å². The van der Waals surface area contributed by atoms with E-state index in [0.717, 1.165) is 12.8 Å². The second-order valence-electron chi connectivity index (χ2n) is 11.7. The lowest BCUT2D eigenvalue weighted by Gasteiger charge is -2.38. The zero-order valence-electron chi connectivity index (χ0n) is 22.9.